The van der Waals surface area contributed by atoms with Crippen LogP contribution >= 0.6 is 0 Å². The first-order valence-electron chi connectivity index (χ1n) is 7.49. The highest BCUT2D eigenvalue weighted by molar-refractivity contribution is 5.57. The van der Waals surface area contributed by atoms with Crippen LogP contribution < -0.4 is 0 Å². The largest absolute Gasteiger partial charge is 0.0574 e. The van der Waals surface area contributed by atoms with E-state index in [0.29, 0.717) is 0 Å². The summed E-state index contributed by atoms with van der Waals surface area (Å²) in [7, 11) is 0. The topological polar surface area (TPSA) is 0 Å². The maximum atomic E-state index is 2.11. The van der Waals surface area contributed by atoms with Gasteiger partial charge in [-0.05, 0) is 85.9 Å². The molecule has 0 bridgehead atoms. The summed E-state index contributed by atoms with van der Waals surface area (Å²) in [6.45, 7) is 0. The molecular formula is C16H20. The fourth-order valence-corrected chi connectivity index (χ4v) is 5.93. The lowest BCUT2D eigenvalue weighted by Crippen LogP contribution is -2.41. The number of allylic oxidation sites excluding steroid dienone is 2. The van der Waals surface area contributed by atoms with E-state index in [2.05, 4.69) is 11.1 Å². The van der Waals surface area contributed by atoms with Crippen LogP contribution in [0.25, 0.3) is 0 Å². The van der Waals surface area contributed by atoms with Crippen LogP contribution in [0.5, 0.6) is 0 Å². The first kappa shape index (κ1) is 7.95. The van der Waals surface area contributed by atoms with E-state index in [1.54, 1.807) is 64.2 Å². The summed E-state index contributed by atoms with van der Waals surface area (Å²) in [6, 6.07) is 0. The highest BCUT2D eigenvalue weighted by Crippen LogP contribution is 2.89. The van der Waals surface area contributed by atoms with Crippen LogP contribution in [0.1, 0.15) is 64.2 Å². The predicted octanol–water partition coefficient (Wildman–Crippen LogP) is 4.21. The van der Waals surface area contributed by atoms with Crippen molar-refractivity contribution in [3.05, 3.63) is 11.1 Å². The Bertz CT molecular complexity index is 378. The molecule has 6 aliphatic carbocycles. The fourth-order valence-electron chi connectivity index (χ4n) is 5.93. The van der Waals surface area contributed by atoms with Gasteiger partial charge in [0.2, 0.25) is 0 Å². The van der Waals surface area contributed by atoms with Crippen molar-refractivity contribution in [1.29, 1.82) is 0 Å². The monoisotopic (exact) mass is 212 g/mol. The molecule has 16 heavy (non-hydrogen) atoms. The van der Waals surface area contributed by atoms with Crippen LogP contribution in [0, 0.1) is 21.7 Å². The van der Waals surface area contributed by atoms with Gasteiger partial charge < -0.3 is 0 Å². The van der Waals surface area contributed by atoms with Gasteiger partial charge in [-0.3, -0.25) is 0 Å². The van der Waals surface area contributed by atoms with Gasteiger partial charge in [-0.15, -0.1) is 0 Å². The molecule has 0 heterocycles. The summed E-state index contributed by atoms with van der Waals surface area (Å²) < 4.78 is 0. The van der Waals surface area contributed by atoms with E-state index < -0.39 is 0 Å². The summed E-state index contributed by atoms with van der Waals surface area (Å²) in [4.78, 5) is 0. The molecular weight excluding hydrogens is 192 g/mol. The van der Waals surface area contributed by atoms with Gasteiger partial charge in [0.15, 0.2) is 0 Å². The van der Waals surface area contributed by atoms with Crippen molar-refractivity contribution in [1.82, 2.24) is 0 Å². The zero-order chi connectivity index (χ0) is 10.2. The van der Waals surface area contributed by atoms with Crippen LogP contribution in [0.2, 0.25) is 0 Å². The maximum Gasteiger partial charge on any atom is -0.00704 e. The summed E-state index contributed by atoms with van der Waals surface area (Å²) in [5, 5.41) is 0. The minimum atomic E-state index is 0.831. The predicted molar refractivity (Wildman–Crippen MR) is 62.9 cm³/mol. The molecule has 6 fully saturated rings. The van der Waals surface area contributed by atoms with Crippen molar-refractivity contribution >= 4 is 0 Å². The fraction of sp³-hybridized carbons (Fsp3) is 0.875. The zero-order valence-corrected chi connectivity index (χ0v) is 10.1. The molecule has 0 atom stereocenters. The summed E-state index contributed by atoms with van der Waals surface area (Å²) in [5.74, 6) is 0. The highest BCUT2D eigenvalue weighted by atomic mass is 14.8. The van der Waals surface area contributed by atoms with Crippen molar-refractivity contribution in [2.45, 2.75) is 64.2 Å². The molecule has 0 unspecified atom stereocenters. The average Bonchev–Trinajstić information content (AvgIpc) is 3.08. The van der Waals surface area contributed by atoms with E-state index in [4.69, 9.17) is 0 Å². The van der Waals surface area contributed by atoms with E-state index in [9.17, 15) is 0 Å². The first-order valence-corrected chi connectivity index (χ1v) is 7.49. The zero-order valence-electron chi connectivity index (χ0n) is 10.1. The van der Waals surface area contributed by atoms with Crippen molar-refractivity contribution in [2.24, 2.45) is 21.7 Å². The van der Waals surface area contributed by atoms with Crippen LogP contribution in [-0.2, 0) is 0 Å². The first-order chi connectivity index (χ1) is 7.73. The van der Waals surface area contributed by atoms with E-state index in [-0.39, 0.29) is 0 Å². The third-order valence-corrected chi connectivity index (χ3v) is 7.14. The molecule has 0 aromatic rings. The second kappa shape index (κ2) is 1.76. The molecule has 0 aromatic heterocycles. The van der Waals surface area contributed by atoms with Crippen molar-refractivity contribution in [3.63, 3.8) is 0 Å². The Balaban J connectivity index is 1.60. The van der Waals surface area contributed by atoms with Gasteiger partial charge in [-0.2, -0.15) is 0 Å². The van der Waals surface area contributed by atoms with Crippen LogP contribution in [0.15, 0.2) is 11.1 Å². The Morgan fingerprint density at radius 2 is 0.688 bits per heavy atom. The molecule has 84 valence electrons. The molecule has 0 N–H and O–H groups in total. The van der Waals surface area contributed by atoms with Crippen LogP contribution in [-0.4, -0.2) is 0 Å². The molecule has 0 aliphatic heterocycles. The second-order valence-electron chi connectivity index (χ2n) is 8.22. The Hall–Kier alpha value is -0.260. The molecule has 0 amide bonds. The molecule has 0 heteroatoms. The van der Waals surface area contributed by atoms with Crippen molar-refractivity contribution in [2.75, 3.05) is 0 Å². The average molecular weight is 212 g/mol. The van der Waals surface area contributed by atoms with Crippen molar-refractivity contribution in [3.8, 4) is 0 Å². The molecule has 0 nitrogen and oxygen atoms in total. The standard InChI is InChI=1S/C16H20/c1-2-13(1)9-14(3-4-14)11(13)12-15(5-6-15)10-16(12)7-8-16/h1-10H2. The van der Waals surface area contributed by atoms with Gasteiger partial charge in [0.1, 0.15) is 0 Å². The number of rotatable bonds is 0. The molecule has 4 spiro atoms. The molecule has 0 aromatic carbocycles. The quantitative estimate of drug-likeness (QED) is 0.528. The van der Waals surface area contributed by atoms with E-state index >= 15 is 0 Å². The lowest BCUT2D eigenvalue weighted by Gasteiger charge is -2.52. The normalized spacial score (nSPS) is 43.5. The summed E-state index contributed by atoms with van der Waals surface area (Å²) in [5.41, 5.74) is 7.55. The third-order valence-electron chi connectivity index (χ3n) is 7.14. The molecule has 6 aliphatic rings. The minimum Gasteiger partial charge on any atom is -0.0574 e. The smallest absolute Gasteiger partial charge is 0.00704 e. The molecule has 0 saturated heterocycles. The van der Waals surface area contributed by atoms with Gasteiger partial charge in [0.05, 0.1) is 0 Å². The van der Waals surface area contributed by atoms with E-state index in [0.717, 1.165) is 21.7 Å². The lowest BCUT2D eigenvalue weighted by molar-refractivity contribution is 0.197. The van der Waals surface area contributed by atoms with Crippen LogP contribution in [0.3, 0.4) is 0 Å². The maximum absolute atomic E-state index is 2.11. The van der Waals surface area contributed by atoms with Gasteiger partial charge in [0.25, 0.3) is 0 Å². The Labute approximate surface area is 97.5 Å². The van der Waals surface area contributed by atoms with Crippen molar-refractivity contribution < 1.29 is 0 Å². The molecule has 0 radical (unpaired) electrons. The highest BCUT2D eigenvalue weighted by Gasteiger charge is 2.77. The SMILES string of the molecule is C1CC12CC1(CC1)C2=C1C2(CC2)CC12CC2. The van der Waals surface area contributed by atoms with Gasteiger partial charge in [-0.1, -0.05) is 11.1 Å². The van der Waals surface area contributed by atoms with Gasteiger partial charge in [0, 0.05) is 0 Å². The van der Waals surface area contributed by atoms with Gasteiger partial charge >= 0.3 is 0 Å². The Morgan fingerprint density at radius 1 is 0.438 bits per heavy atom. The van der Waals surface area contributed by atoms with E-state index in [1.165, 1.54) is 0 Å². The van der Waals surface area contributed by atoms with Gasteiger partial charge in [-0.25, -0.2) is 0 Å². The van der Waals surface area contributed by atoms with Crippen LogP contribution in [0.4, 0.5) is 0 Å². The Morgan fingerprint density at radius 3 is 0.875 bits per heavy atom. The lowest BCUT2D eigenvalue weighted by atomic mass is 9.52. The summed E-state index contributed by atoms with van der Waals surface area (Å²) >= 11 is 0. The second-order valence-corrected chi connectivity index (χ2v) is 8.22. The minimum absolute atomic E-state index is 0.831. The Kier molecular flexibility index (Phi) is 0.876. The summed E-state index contributed by atoms with van der Waals surface area (Å²) in [6.07, 6.45) is 15.8. The molecule has 6 saturated carbocycles. The third kappa shape index (κ3) is 0.625. The number of hydrogen-bond donors (Lipinski definition) is 0. The number of hydrogen-bond acceptors (Lipinski definition) is 0. The van der Waals surface area contributed by atoms with E-state index in [1.807, 2.05) is 0 Å². The molecule has 6 rings (SSSR count).